The van der Waals surface area contributed by atoms with Gasteiger partial charge in [-0.15, -0.1) is 0 Å². The maximum absolute atomic E-state index is 13.0. The zero-order chi connectivity index (χ0) is 23.0. The quantitative estimate of drug-likeness (QED) is 0.460. The number of halogens is 3. The lowest BCUT2D eigenvalue weighted by atomic mass is 10.0. The number of alkyl halides is 3. The molecule has 1 saturated heterocycles. The predicted molar refractivity (Wildman–Crippen MR) is 118 cm³/mol. The van der Waals surface area contributed by atoms with Crippen molar-refractivity contribution in [2.75, 3.05) is 23.3 Å². The van der Waals surface area contributed by atoms with Crippen LogP contribution < -0.4 is 10.2 Å². The number of nitrogens with zero attached hydrogens (tertiary/aromatic N) is 4. The van der Waals surface area contributed by atoms with E-state index in [4.69, 9.17) is 0 Å². The summed E-state index contributed by atoms with van der Waals surface area (Å²) in [7, 11) is 0. The van der Waals surface area contributed by atoms with Crippen LogP contribution in [-0.2, 0) is 6.18 Å². The van der Waals surface area contributed by atoms with E-state index in [-0.39, 0.29) is 11.5 Å². The lowest BCUT2D eigenvalue weighted by Gasteiger charge is -2.17. The van der Waals surface area contributed by atoms with E-state index in [1.807, 2.05) is 18.3 Å². The van der Waals surface area contributed by atoms with Crippen molar-refractivity contribution in [1.29, 1.82) is 0 Å². The first-order chi connectivity index (χ1) is 15.9. The minimum atomic E-state index is -4.53. The molecule has 3 aromatic heterocycles. The Morgan fingerprint density at radius 2 is 1.85 bits per heavy atom. The van der Waals surface area contributed by atoms with Gasteiger partial charge in [0.2, 0.25) is 0 Å². The Hall–Kier alpha value is -3.95. The van der Waals surface area contributed by atoms with E-state index < -0.39 is 17.6 Å². The van der Waals surface area contributed by atoms with Crippen LogP contribution in [0.2, 0.25) is 0 Å². The van der Waals surface area contributed by atoms with Gasteiger partial charge in [0.25, 0.3) is 5.91 Å². The van der Waals surface area contributed by atoms with Gasteiger partial charge in [0.1, 0.15) is 5.82 Å². The average molecular weight is 452 g/mol. The van der Waals surface area contributed by atoms with Crippen LogP contribution >= 0.6 is 0 Å². The van der Waals surface area contributed by atoms with Gasteiger partial charge in [0.05, 0.1) is 23.0 Å². The molecule has 0 radical (unpaired) electrons. The molecule has 33 heavy (non-hydrogen) atoms. The summed E-state index contributed by atoms with van der Waals surface area (Å²) in [5, 5.41) is 9.81. The molecule has 0 aliphatic carbocycles. The number of carbonyl (C=O) groups excluding carboxylic acids is 1. The van der Waals surface area contributed by atoms with Gasteiger partial charge in [-0.05, 0) is 48.7 Å². The zero-order valence-corrected chi connectivity index (χ0v) is 17.4. The SMILES string of the molecule is O=C(Nc1cc(C(F)(F)F)ccn1)c1n[nH]c2ccc(-c3cncc(N4CCCC4)c3)cc12. The Kier molecular flexibility index (Phi) is 5.20. The Morgan fingerprint density at radius 1 is 1.03 bits per heavy atom. The standard InChI is InChI=1S/C23H19F3N6O/c24-23(25,26)16-5-6-28-20(11-16)29-22(33)21-18-10-14(3-4-19(18)30-31-21)15-9-17(13-27-12-15)32-7-1-2-8-32/h3-6,9-13H,1-2,7-8H2,(H,30,31)(H,28,29,33). The van der Waals surface area contributed by atoms with E-state index in [1.165, 1.54) is 0 Å². The normalized spacial score (nSPS) is 14.1. The Morgan fingerprint density at radius 3 is 2.64 bits per heavy atom. The van der Waals surface area contributed by atoms with Crippen LogP contribution in [0.3, 0.4) is 0 Å². The summed E-state index contributed by atoms with van der Waals surface area (Å²) in [6.45, 7) is 2.00. The number of fused-ring (bicyclic) bond motifs is 1. The molecule has 1 aromatic carbocycles. The fourth-order valence-electron chi connectivity index (χ4n) is 3.95. The van der Waals surface area contributed by atoms with Crippen molar-refractivity contribution in [2.45, 2.75) is 19.0 Å². The molecule has 1 aliphatic heterocycles. The first-order valence-electron chi connectivity index (χ1n) is 10.4. The summed E-state index contributed by atoms with van der Waals surface area (Å²) in [4.78, 5) is 23.3. The van der Waals surface area contributed by atoms with Crippen molar-refractivity contribution >= 4 is 28.3 Å². The lowest BCUT2D eigenvalue weighted by Crippen LogP contribution is -2.17. The van der Waals surface area contributed by atoms with Crippen LogP contribution in [0.1, 0.15) is 28.9 Å². The van der Waals surface area contributed by atoms with Crippen molar-refractivity contribution < 1.29 is 18.0 Å². The van der Waals surface area contributed by atoms with E-state index >= 15 is 0 Å². The number of H-pyrrole nitrogens is 1. The molecule has 0 saturated carbocycles. The largest absolute Gasteiger partial charge is 0.416 e. The van der Waals surface area contributed by atoms with Gasteiger partial charge in [0, 0.05) is 36.4 Å². The van der Waals surface area contributed by atoms with Gasteiger partial charge in [-0.2, -0.15) is 18.3 Å². The molecule has 1 aliphatic rings. The molecule has 5 rings (SSSR count). The summed E-state index contributed by atoms with van der Waals surface area (Å²) in [5.74, 6) is -0.862. The van der Waals surface area contributed by atoms with Crippen molar-refractivity contribution in [2.24, 2.45) is 0 Å². The van der Waals surface area contributed by atoms with Gasteiger partial charge < -0.3 is 10.2 Å². The van der Waals surface area contributed by atoms with Crippen molar-refractivity contribution in [1.82, 2.24) is 20.2 Å². The van der Waals surface area contributed by atoms with E-state index in [0.717, 1.165) is 61.1 Å². The van der Waals surface area contributed by atoms with Gasteiger partial charge in [-0.3, -0.25) is 14.9 Å². The minimum Gasteiger partial charge on any atom is -0.370 e. The van der Waals surface area contributed by atoms with Crippen molar-refractivity contribution in [3.05, 3.63) is 66.2 Å². The molecule has 1 amide bonds. The van der Waals surface area contributed by atoms with Crippen molar-refractivity contribution in [3.8, 4) is 11.1 Å². The molecule has 0 bridgehead atoms. The molecule has 0 spiro atoms. The van der Waals surface area contributed by atoms with E-state index in [9.17, 15) is 18.0 Å². The Bertz CT molecular complexity index is 1330. The summed E-state index contributed by atoms with van der Waals surface area (Å²) < 4.78 is 38.9. The monoisotopic (exact) mass is 452 g/mol. The van der Waals surface area contributed by atoms with Crippen LogP contribution in [0.25, 0.3) is 22.0 Å². The summed E-state index contributed by atoms with van der Waals surface area (Å²) in [6.07, 6.45) is 2.38. The van der Waals surface area contributed by atoms with Crippen LogP contribution in [0.15, 0.2) is 55.0 Å². The molecule has 0 atom stereocenters. The average Bonchev–Trinajstić information content (AvgIpc) is 3.49. The molecule has 1 fully saturated rings. The number of hydrogen-bond acceptors (Lipinski definition) is 5. The predicted octanol–water partition coefficient (Wildman–Crippen LogP) is 4.89. The van der Waals surface area contributed by atoms with Gasteiger partial charge in [-0.1, -0.05) is 6.07 Å². The first kappa shape index (κ1) is 20.9. The number of pyridine rings is 2. The summed E-state index contributed by atoms with van der Waals surface area (Å²) in [6, 6.07) is 9.22. The van der Waals surface area contributed by atoms with Crippen molar-refractivity contribution in [3.63, 3.8) is 0 Å². The molecular weight excluding hydrogens is 433 g/mol. The van der Waals surface area contributed by atoms with Gasteiger partial charge in [0.15, 0.2) is 5.69 Å². The Balaban J connectivity index is 1.44. The number of rotatable bonds is 4. The summed E-state index contributed by atoms with van der Waals surface area (Å²) >= 11 is 0. The number of aromatic amines is 1. The number of carbonyl (C=O) groups is 1. The number of hydrogen-bond donors (Lipinski definition) is 2. The third kappa shape index (κ3) is 4.23. The highest BCUT2D eigenvalue weighted by atomic mass is 19.4. The molecule has 7 nitrogen and oxygen atoms in total. The highest BCUT2D eigenvalue weighted by Gasteiger charge is 2.31. The van der Waals surface area contributed by atoms with Crippen LogP contribution in [0, 0.1) is 0 Å². The Labute approximate surface area is 186 Å². The maximum Gasteiger partial charge on any atom is 0.416 e. The van der Waals surface area contributed by atoms with Crippen LogP contribution in [-0.4, -0.2) is 39.2 Å². The molecule has 0 unspecified atom stereocenters. The highest BCUT2D eigenvalue weighted by molar-refractivity contribution is 6.11. The molecule has 4 heterocycles. The zero-order valence-electron chi connectivity index (χ0n) is 17.4. The van der Waals surface area contributed by atoms with E-state index in [1.54, 1.807) is 12.3 Å². The molecule has 10 heteroatoms. The lowest BCUT2D eigenvalue weighted by molar-refractivity contribution is -0.137. The maximum atomic E-state index is 13.0. The number of amides is 1. The molecule has 4 aromatic rings. The number of anilines is 2. The van der Waals surface area contributed by atoms with Crippen LogP contribution in [0.4, 0.5) is 24.7 Å². The highest BCUT2D eigenvalue weighted by Crippen LogP contribution is 2.31. The smallest absolute Gasteiger partial charge is 0.370 e. The fraction of sp³-hybridized carbons (Fsp3) is 0.217. The minimum absolute atomic E-state index is 0.0646. The number of aromatic nitrogens is 4. The molecular formula is C23H19F3N6O. The molecule has 2 N–H and O–H groups in total. The van der Waals surface area contributed by atoms with Crippen LogP contribution in [0.5, 0.6) is 0 Å². The third-order valence-corrected chi connectivity index (χ3v) is 5.64. The number of nitrogens with one attached hydrogen (secondary N) is 2. The second-order valence-electron chi connectivity index (χ2n) is 7.84. The van der Waals surface area contributed by atoms with Gasteiger partial charge in [-0.25, -0.2) is 4.98 Å². The fourth-order valence-corrected chi connectivity index (χ4v) is 3.95. The second kappa shape index (κ2) is 8.19. The molecule has 168 valence electrons. The first-order valence-corrected chi connectivity index (χ1v) is 10.4. The third-order valence-electron chi connectivity index (χ3n) is 5.64. The van der Waals surface area contributed by atoms with E-state index in [2.05, 4.69) is 36.4 Å². The van der Waals surface area contributed by atoms with Gasteiger partial charge >= 0.3 is 6.18 Å². The summed E-state index contributed by atoms with van der Waals surface area (Å²) in [5.41, 5.74) is 2.59. The van der Waals surface area contributed by atoms with E-state index in [0.29, 0.717) is 10.9 Å². The topological polar surface area (TPSA) is 86.8 Å². The second-order valence-corrected chi connectivity index (χ2v) is 7.84. The number of benzene rings is 1.